The van der Waals surface area contributed by atoms with Crippen molar-refractivity contribution < 1.29 is 9.72 Å². The van der Waals surface area contributed by atoms with Crippen LogP contribution in [-0.4, -0.2) is 51.9 Å². The number of hydrogen-bond acceptors (Lipinski definition) is 7. The Morgan fingerprint density at radius 3 is 2.43 bits per heavy atom. The number of anilines is 2. The molecule has 1 aromatic rings. The summed E-state index contributed by atoms with van der Waals surface area (Å²) in [5.74, 6) is -0.0220. The van der Waals surface area contributed by atoms with Gasteiger partial charge in [-0.15, -0.1) is 0 Å². The van der Waals surface area contributed by atoms with Gasteiger partial charge >= 0.3 is 5.69 Å². The van der Waals surface area contributed by atoms with Crippen molar-refractivity contribution in [2.45, 2.75) is 26.8 Å². The molecule has 116 valence electrons. The van der Waals surface area contributed by atoms with Crippen LogP contribution in [0.1, 0.15) is 20.8 Å². The third kappa shape index (κ3) is 3.77. The van der Waals surface area contributed by atoms with Crippen molar-refractivity contribution in [2.24, 2.45) is 0 Å². The first-order valence-electron chi connectivity index (χ1n) is 6.68. The van der Waals surface area contributed by atoms with Crippen molar-refractivity contribution in [3.63, 3.8) is 0 Å². The summed E-state index contributed by atoms with van der Waals surface area (Å²) in [5.41, 5.74) is -0.279. The molecule has 1 unspecified atom stereocenters. The molecule has 0 saturated heterocycles. The van der Waals surface area contributed by atoms with Gasteiger partial charge < -0.3 is 15.5 Å². The van der Waals surface area contributed by atoms with Crippen LogP contribution in [0.5, 0.6) is 0 Å². The van der Waals surface area contributed by atoms with Crippen LogP contribution in [0.15, 0.2) is 6.33 Å². The standard InChI is InChI=1S/C12H20N6O3/c1-5-17(6-2)12(19)8(3)16-11-9(18(20)21)10(13-4)14-7-15-11/h7-8H,5-6H2,1-4H3,(H2,13,14,15,16). The maximum absolute atomic E-state index is 12.2. The van der Waals surface area contributed by atoms with Crippen molar-refractivity contribution >= 4 is 23.2 Å². The van der Waals surface area contributed by atoms with Gasteiger partial charge in [-0.3, -0.25) is 14.9 Å². The molecule has 0 aliphatic rings. The smallest absolute Gasteiger partial charge is 0.353 e. The number of nitro groups is 1. The highest BCUT2D eigenvalue weighted by Gasteiger charge is 2.26. The van der Waals surface area contributed by atoms with Crippen LogP contribution in [0.25, 0.3) is 0 Å². The Morgan fingerprint density at radius 1 is 1.38 bits per heavy atom. The molecule has 0 saturated carbocycles. The summed E-state index contributed by atoms with van der Waals surface area (Å²) in [6.07, 6.45) is 1.20. The lowest BCUT2D eigenvalue weighted by atomic mass is 10.2. The van der Waals surface area contributed by atoms with Gasteiger partial charge in [0.05, 0.1) is 4.92 Å². The molecule has 0 radical (unpaired) electrons. The number of rotatable bonds is 7. The van der Waals surface area contributed by atoms with E-state index < -0.39 is 11.0 Å². The van der Waals surface area contributed by atoms with Gasteiger partial charge in [0.25, 0.3) is 0 Å². The number of aromatic nitrogens is 2. The van der Waals surface area contributed by atoms with Gasteiger partial charge in [0.2, 0.25) is 17.5 Å². The van der Waals surface area contributed by atoms with E-state index in [9.17, 15) is 14.9 Å². The molecule has 1 rings (SSSR count). The van der Waals surface area contributed by atoms with Crippen molar-refractivity contribution in [1.29, 1.82) is 0 Å². The highest BCUT2D eigenvalue weighted by molar-refractivity contribution is 5.85. The number of nitrogens with zero attached hydrogens (tertiary/aromatic N) is 4. The second-order valence-corrected chi connectivity index (χ2v) is 4.30. The van der Waals surface area contributed by atoms with Crippen LogP contribution in [0.4, 0.5) is 17.3 Å². The van der Waals surface area contributed by atoms with Gasteiger partial charge in [0.15, 0.2) is 0 Å². The normalized spacial score (nSPS) is 11.6. The van der Waals surface area contributed by atoms with E-state index in [1.807, 2.05) is 13.8 Å². The van der Waals surface area contributed by atoms with Gasteiger partial charge in [-0.2, -0.15) is 0 Å². The number of amides is 1. The van der Waals surface area contributed by atoms with E-state index in [2.05, 4.69) is 20.6 Å². The molecule has 1 amide bonds. The molecule has 0 spiro atoms. The Bertz CT molecular complexity index is 518. The summed E-state index contributed by atoms with van der Waals surface area (Å²) >= 11 is 0. The summed E-state index contributed by atoms with van der Waals surface area (Å²) in [4.78, 5) is 32.1. The zero-order chi connectivity index (χ0) is 16.0. The van der Waals surface area contributed by atoms with E-state index >= 15 is 0 Å². The minimum Gasteiger partial charge on any atom is -0.367 e. The molecule has 9 nitrogen and oxygen atoms in total. The van der Waals surface area contributed by atoms with Crippen LogP contribution in [0.2, 0.25) is 0 Å². The van der Waals surface area contributed by atoms with Gasteiger partial charge in [0, 0.05) is 20.1 Å². The summed E-state index contributed by atoms with van der Waals surface area (Å²) in [5, 5.41) is 16.6. The van der Waals surface area contributed by atoms with Crippen molar-refractivity contribution in [1.82, 2.24) is 14.9 Å². The lowest BCUT2D eigenvalue weighted by molar-refractivity contribution is -0.383. The van der Waals surface area contributed by atoms with Crippen LogP contribution in [0, 0.1) is 10.1 Å². The molecule has 0 aliphatic heterocycles. The van der Waals surface area contributed by atoms with Gasteiger partial charge in [-0.05, 0) is 20.8 Å². The molecular formula is C12H20N6O3. The first-order chi connectivity index (χ1) is 9.96. The fourth-order valence-electron chi connectivity index (χ4n) is 1.92. The molecule has 1 atom stereocenters. The van der Waals surface area contributed by atoms with Crippen LogP contribution >= 0.6 is 0 Å². The van der Waals surface area contributed by atoms with Crippen LogP contribution in [0.3, 0.4) is 0 Å². The fourth-order valence-corrected chi connectivity index (χ4v) is 1.92. The van der Waals surface area contributed by atoms with Gasteiger partial charge in [-0.25, -0.2) is 9.97 Å². The molecule has 1 aromatic heterocycles. The second kappa shape index (κ2) is 7.36. The van der Waals surface area contributed by atoms with E-state index in [0.29, 0.717) is 13.1 Å². The number of carbonyl (C=O) groups is 1. The number of carbonyl (C=O) groups excluding carboxylic acids is 1. The highest BCUT2D eigenvalue weighted by Crippen LogP contribution is 2.28. The third-order valence-electron chi connectivity index (χ3n) is 3.04. The Labute approximate surface area is 122 Å². The molecule has 2 N–H and O–H groups in total. The minimum absolute atomic E-state index is 0.0207. The Hall–Kier alpha value is -2.45. The monoisotopic (exact) mass is 296 g/mol. The molecule has 0 aromatic carbocycles. The maximum Gasteiger partial charge on any atom is 0.353 e. The highest BCUT2D eigenvalue weighted by atomic mass is 16.6. The molecule has 0 fully saturated rings. The second-order valence-electron chi connectivity index (χ2n) is 4.30. The van der Waals surface area contributed by atoms with Crippen molar-refractivity contribution in [2.75, 3.05) is 30.8 Å². The number of hydrogen-bond donors (Lipinski definition) is 2. The molecule has 1 heterocycles. The van der Waals surface area contributed by atoms with Gasteiger partial charge in [-0.1, -0.05) is 0 Å². The summed E-state index contributed by atoms with van der Waals surface area (Å²) in [6, 6.07) is -0.622. The largest absolute Gasteiger partial charge is 0.367 e. The third-order valence-corrected chi connectivity index (χ3v) is 3.04. The maximum atomic E-state index is 12.2. The summed E-state index contributed by atoms with van der Waals surface area (Å²) in [6.45, 7) is 6.55. The fraction of sp³-hybridized carbons (Fsp3) is 0.583. The first kappa shape index (κ1) is 16.6. The van der Waals surface area contributed by atoms with Crippen molar-refractivity contribution in [3.05, 3.63) is 16.4 Å². The predicted octanol–water partition coefficient (Wildman–Crippen LogP) is 1.10. The van der Waals surface area contributed by atoms with E-state index in [0.717, 1.165) is 0 Å². The predicted molar refractivity (Wildman–Crippen MR) is 79.2 cm³/mol. The van der Waals surface area contributed by atoms with Crippen LogP contribution < -0.4 is 10.6 Å². The van der Waals surface area contributed by atoms with Crippen LogP contribution in [-0.2, 0) is 4.79 Å². The molecular weight excluding hydrogens is 276 g/mol. The lowest BCUT2D eigenvalue weighted by Crippen LogP contribution is -2.41. The average Bonchev–Trinajstić information content (AvgIpc) is 2.47. The van der Waals surface area contributed by atoms with Gasteiger partial charge in [0.1, 0.15) is 12.4 Å². The average molecular weight is 296 g/mol. The Morgan fingerprint density at radius 2 is 1.95 bits per heavy atom. The first-order valence-corrected chi connectivity index (χ1v) is 6.68. The lowest BCUT2D eigenvalue weighted by Gasteiger charge is -2.23. The van der Waals surface area contributed by atoms with E-state index in [4.69, 9.17) is 0 Å². The summed E-state index contributed by atoms with van der Waals surface area (Å²) in [7, 11) is 1.53. The van der Waals surface area contributed by atoms with E-state index in [1.165, 1.54) is 13.4 Å². The molecule has 0 aliphatic carbocycles. The number of nitrogens with one attached hydrogen (secondary N) is 2. The minimum atomic E-state index is -0.622. The zero-order valence-electron chi connectivity index (χ0n) is 12.6. The SMILES string of the molecule is CCN(CC)C(=O)C(C)Nc1ncnc(NC)c1[N+](=O)[O-]. The van der Waals surface area contributed by atoms with E-state index in [1.54, 1.807) is 11.8 Å². The Kier molecular flexibility index (Phi) is 5.82. The Balaban J connectivity index is 3.02. The quantitative estimate of drug-likeness (QED) is 0.572. The van der Waals surface area contributed by atoms with E-state index in [-0.39, 0.29) is 23.2 Å². The zero-order valence-corrected chi connectivity index (χ0v) is 12.6. The topological polar surface area (TPSA) is 113 Å². The van der Waals surface area contributed by atoms with Crippen molar-refractivity contribution in [3.8, 4) is 0 Å². The summed E-state index contributed by atoms with van der Waals surface area (Å²) < 4.78 is 0. The molecule has 9 heteroatoms. The molecule has 0 bridgehead atoms. The molecule has 21 heavy (non-hydrogen) atoms. The number of likely N-dealkylation sites (N-methyl/N-ethyl adjacent to an activating group) is 1.